The molecule has 0 saturated carbocycles. The third-order valence-electron chi connectivity index (χ3n) is 4.62. The SMILES string of the molecule is Nc1nc(COc2ccc([N+](=O)[O-])cc2Cl)nc2sc3c(c12)CCCCC3. The number of nitro benzene ring substituents is 1. The Morgan fingerprint density at radius 2 is 2.07 bits per heavy atom. The molecule has 0 radical (unpaired) electrons. The highest BCUT2D eigenvalue weighted by molar-refractivity contribution is 7.19. The summed E-state index contributed by atoms with van der Waals surface area (Å²) in [5.41, 5.74) is 7.44. The van der Waals surface area contributed by atoms with E-state index in [1.165, 1.54) is 47.9 Å². The zero-order valence-corrected chi connectivity index (χ0v) is 16.0. The lowest BCUT2D eigenvalue weighted by Crippen LogP contribution is -2.05. The van der Waals surface area contributed by atoms with E-state index in [0.29, 0.717) is 17.4 Å². The predicted octanol–water partition coefficient (Wildman–Crippen LogP) is 4.68. The molecule has 4 rings (SSSR count). The molecule has 2 heterocycles. The van der Waals surface area contributed by atoms with Gasteiger partial charge in [0.25, 0.3) is 5.69 Å². The van der Waals surface area contributed by atoms with Crippen LogP contribution in [0.5, 0.6) is 5.75 Å². The topological polar surface area (TPSA) is 104 Å². The molecule has 1 aromatic carbocycles. The first-order valence-corrected chi connectivity index (χ1v) is 9.86. The quantitative estimate of drug-likeness (QED) is 0.384. The second kappa shape index (κ2) is 7.28. The Morgan fingerprint density at radius 3 is 2.85 bits per heavy atom. The molecule has 0 fully saturated rings. The lowest BCUT2D eigenvalue weighted by Gasteiger charge is -2.08. The normalized spacial score (nSPS) is 14.0. The van der Waals surface area contributed by atoms with E-state index in [4.69, 9.17) is 22.1 Å². The number of hydrogen-bond acceptors (Lipinski definition) is 7. The Labute approximate surface area is 164 Å². The summed E-state index contributed by atoms with van der Waals surface area (Å²) in [6.07, 6.45) is 5.70. The van der Waals surface area contributed by atoms with Crippen molar-refractivity contribution in [2.45, 2.75) is 38.7 Å². The smallest absolute Gasteiger partial charge is 0.271 e. The van der Waals surface area contributed by atoms with E-state index in [0.717, 1.165) is 23.1 Å². The first-order valence-electron chi connectivity index (χ1n) is 8.66. The zero-order valence-electron chi connectivity index (χ0n) is 14.4. The molecule has 9 heteroatoms. The maximum absolute atomic E-state index is 10.8. The van der Waals surface area contributed by atoms with Gasteiger partial charge in [-0.05, 0) is 37.3 Å². The number of nitro groups is 1. The van der Waals surface area contributed by atoms with Gasteiger partial charge in [-0.15, -0.1) is 11.3 Å². The van der Waals surface area contributed by atoms with E-state index < -0.39 is 4.92 Å². The van der Waals surface area contributed by atoms with Crippen molar-refractivity contribution >= 4 is 44.7 Å². The van der Waals surface area contributed by atoms with Crippen LogP contribution in [0.25, 0.3) is 10.2 Å². The van der Waals surface area contributed by atoms with Gasteiger partial charge in [0.2, 0.25) is 0 Å². The van der Waals surface area contributed by atoms with Gasteiger partial charge >= 0.3 is 0 Å². The molecule has 140 valence electrons. The molecule has 2 aromatic heterocycles. The Balaban J connectivity index is 1.59. The molecule has 0 bridgehead atoms. The molecule has 2 N–H and O–H groups in total. The maximum Gasteiger partial charge on any atom is 0.271 e. The van der Waals surface area contributed by atoms with Gasteiger partial charge in [0.15, 0.2) is 5.82 Å². The van der Waals surface area contributed by atoms with Crippen molar-refractivity contribution in [3.8, 4) is 5.75 Å². The van der Waals surface area contributed by atoms with Crippen molar-refractivity contribution in [3.05, 3.63) is 49.6 Å². The van der Waals surface area contributed by atoms with Crippen LogP contribution in [0, 0.1) is 10.1 Å². The Hall–Kier alpha value is -2.45. The fraction of sp³-hybridized carbons (Fsp3) is 0.333. The van der Waals surface area contributed by atoms with Crippen molar-refractivity contribution < 1.29 is 9.66 Å². The molecule has 0 atom stereocenters. The number of ether oxygens (including phenoxy) is 1. The number of nitrogen functional groups attached to an aromatic ring is 1. The monoisotopic (exact) mass is 404 g/mol. The summed E-state index contributed by atoms with van der Waals surface area (Å²) < 4.78 is 5.65. The molecule has 0 aliphatic heterocycles. The number of rotatable bonds is 4. The molecule has 3 aromatic rings. The summed E-state index contributed by atoms with van der Waals surface area (Å²) in [5, 5.41) is 11.9. The first kappa shape index (κ1) is 17.9. The van der Waals surface area contributed by atoms with E-state index in [-0.39, 0.29) is 17.3 Å². The summed E-state index contributed by atoms with van der Waals surface area (Å²) in [6, 6.07) is 4.07. The minimum absolute atomic E-state index is 0.0836. The van der Waals surface area contributed by atoms with Crippen LogP contribution in [0.4, 0.5) is 11.5 Å². The van der Waals surface area contributed by atoms with Crippen LogP contribution in [0.2, 0.25) is 5.02 Å². The third kappa shape index (κ3) is 3.54. The number of halogens is 1. The molecule has 0 amide bonds. The molecule has 0 spiro atoms. The third-order valence-corrected chi connectivity index (χ3v) is 6.10. The molecule has 0 saturated heterocycles. The van der Waals surface area contributed by atoms with Crippen LogP contribution >= 0.6 is 22.9 Å². The van der Waals surface area contributed by atoms with Gasteiger partial charge in [-0.3, -0.25) is 10.1 Å². The number of benzene rings is 1. The van der Waals surface area contributed by atoms with Crippen molar-refractivity contribution in [1.29, 1.82) is 0 Å². The van der Waals surface area contributed by atoms with Gasteiger partial charge in [-0.2, -0.15) is 0 Å². The fourth-order valence-corrected chi connectivity index (χ4v) is 4.85. The molecular weight excluding hydrogens is 388 g/mol. The van der Waals surface area contributed by atoms with Crippen molar-refractivity contribution in [2.75, 3.05) is 5.73 Å². The van der Waals surface area contributed by atoms with Crippen LogP contribution in [0.3, 0.4) is 0 Å². The van der Waals surface area contributed by atoms with Crippen molar-refractivity contribution in [1.82, 2.24) is 9.97 Å². The number of anilines is 1. The molecule has 7 nitrogen and oxygen atoms in total. The zero-order chi connectivity index (χ0) is 19.0. The van der Waals surface area contributed by atoms with Gasteiger partial charge in [0.05, 0.1) is 15.3 Å². The summed E-state index contributed by atoms with van der Waals surface area (Å²) in [5.74, 6) is 1.28. The molecule has 27 heavy (non-hydrogen) atoms. The van der Waals surface area contributed by atoms with Crippen LogP contribution in [0.15, 0.2) is 18.2 Å². The lowest BCUT2D eigenvalue weighted by atomic mass is 10.1. The van der Waals surface area contributed by atoms with Gasteiger partial charge in [0.1, 0.15) is 23.0 Å². The van der Waals surface area contributed by atoms with Crippen molar-refractivity contribution in [3.63, 3.8) is 0 Å². The van der Waals surface area contributed by atoms with Gasteiger partial charge in [-0.1, -0.05) is 18.0 Å². The minimum atomic E-state index is -0.506. The fourth-order valence-electron chi connectivity index (χ4n) is 3.34. The molecule has 1 aliphatic rings. The highest BCUT2D eigenvalue weighted by Gasteiger charge is 2.19. The number of nitrogens with two attached hydrogens (primary N) is 1. The van der Waals surface area contributed by atoms with E-state index in [1.54, 1.807) is 11.3 Å². The number of aryl methyl sites for hydroxylation is 2. The highest BCUT2D eigenvalue weighted by Crippen LogP contribution is 2.37. The summed E-state index contributed by atoms with van der Waals surface area (Å²) in [7, 11) is 0. The second-order valence-electron chi connectivity index (χ2n) is 6.43. The number of hydrogen-bond donors (Lipinski definition) is 1. The second-order valence-corrected chi connectivity index (χ2v) is 7.92. The summed E-state index contributed by atoms with van der Waals surface area (Å²) in [4.78, 5) is 21.5. The largest absolute Gasteiger partial charge is 0.484 e. The number of fused-ring (bicyclic) bond motifs is 3. The average Bonchev–Trinajstić information content (AvgIpc) is 2.82. The van der Waals surface area contributed by atoms with Gasteiger partial charge in [0, 0.05) is 17.0 Å². The van der Waals surface area contributed by atoms with E-state index in [1.807, 2.05) is 0 Å². The van der Waals surface area contributed by atoms with Crippen LogP contribution < -0.4 is 10.5 Å². The van der Waals surface area contributed by atoms with Crippen LogP contribution in [-0.2, 0) is 19.4 Å². The van der Waals surface area contributed by atoms with E-state index in [2.05, 4.69) is 9.97 Å². The predicted molar refractivity (Wildman–Crippen MR) is 106 cm³/mol. The number of aromatic nitrogens is 2. The number of nitrogens with zero attached hydrogens (tertiary/aromatic N) is 3. The van der Waals surface area contributed by atoms with Crippen molar-refractivity contribution in [2.24, 2.45) is 0 Å². The average molecular weight is 405 g/mol. The summed E-state index contributed by atoms with van der Waals surface area (Å²) >= 11 is 7.74. The number of non-ortho nitro benzene ring substituents is 1. The van der Waals surface area contributed by atoms with Gasteiger partial charge < -0.3 is 10.5 Å². The lowest BCUT2D eigenvalue weighted by molar-refractivity contribution is -0.384. The summed E-state index contributed by atoms with van der Waals surface area (Å²) in [6.45, 7) is 0.0836. The standard InChI is InChI=1S/C18H17ClN4O3S/c19-12-8-10(23(24)25)6-7-13(12)26-9-15-21-17(20)16-11-4-2-1-3-5-14(11)27-18(16)22-15/h6-8H,1-5,9H2,(H2,20,21,22). The Kier molecular flexibility index (Phi) is 4.84. The van der Waals surface area contributed by atoms with E-state index >= 15 is 0 Å². The molecular formula is C18H17ClN4O3S. The maximum atomic E-state index is 10.8. The number of thiophene rings is 1. The minimum Gasteiger partial charge on any atom is -0.484 e. The van der Waals surface area contributed by atoms with Gasteiger partial charge in [-0.25, -0.2) is 9.97 Å². The highest BCUT2D eigenvalue weighted by atomic mass is 35.5. The van der Waals surface area contributed by atoms with Crippen LogP contribution in [-0.4, -0.2) is 14.9 Å². The Bertz CT molecular complexity index is 1040. The van der Waals surface area contributed by atoms with Crippen LogP contribution in [0.1, 0.15) is 35.5 Å². The Morgan fingerprint density at radius 1 is 1.26 bits per heavy atom. The van der Waals surface area contributed by atoms with E-state index in [9.17, 15) is 10.1 Å². The first-order chi connectivity index (χ1) is 13.0. The molecule has 0 unspecified atom stereocenters. The molecule has 1 aliphatic carbocycles.